The Morgan fingerprint density at radius 1 is 1.38 bits per heavy atom. The van der Waals surface area contributed by atoms with Gasteiger partial charge in [-0.1, -0.05) is 0 Å². The summed E-state index contributed by atoms with van der Waals surface area (Å²) in [5, 5.41) is 8.08. The highest BCUT2D eigenvalue weighted by molar-refractivity contribution is 9.10. The molecule has 0 unspecified atom stereocenters. The zero-order valence-corrected chi connectivity index (χ0v) is 13.2. The summed E-state index contributed by atoms with van der Waals surface area (Å²) in [6, 6.07) is 0.160. The molecule has 0 bridgehead atoms. The Morgan fingerprint density at radius 2 is 2.19 bits per heavy atom. The maximum absolute atomic E-state index is 6.23. The molecule has 2 fully saturated rings. The normalized spacial score (nSPS) is 25.0. The van der Waals surface area contributed by atoms with Gasteiger partial charge in [0.1, 0.15) is 6.33 Å². The second kappa shape index (κ2) is 4.89. The fourth-order valence-electron chi connectivity index (χ4n) is 3.37. The number of piperidine rings is 1. The number of hydrogen-bond donors (Lipinski definition) is 1. The average Bonchev–Trinajstić information content (AvgIpc) is 3.10. The minimum Gasteiger partial charge on any atom is -0.373 e. The second-order valence-electron chi connectivity index (χ2n) is 5.73. The molecule has 7 nitrogen and oxygen atoms in total. The lowest BCUT2D eigenvalue weighted by Gasteiger charge is -2.41. The van der Waals surface area contributed by atoms with Gasteiger partial charge in [0, 0.05) is 31.9 Å². The first-order valence-electron chi connectivity index (χ1n) is 7.18. The summed E-state index contributed by atoms with van der Waals surface area (Å²) in [5.41, 5.74) is 6.89. The van der Waals surface area contributed by atoms with E-state index >= 15 is 0 Å². The number of halogens is 1. The summed E-state index contributed by atoms with van der Waals surface area (Å²) in [6.45, 7) is 2.55. The molecule has 4 rings (SSSR count). The van der Waals surface area contributed by atoms with Crippen molar-refractivity contribution in [3.63, 3.8) is 0 Å². The molecule has 4 heterocycles. The highest BCUT2D eigenvalue weighted by atomic mass is 79.9. The molecule has 2 aliphatic rings. The zero-order chi connectivity index (χ0) is 14.4. The van der Waals surface area contributed by atoms with Crippen molar-refractivity contribution in [3.05, 3.63) is 17.0 Å². The first-order valence-corrected chi connectivity index (χ1v) is 7.98. The number of nitrogens with zero attached hydrogens (tertiary/aromatic N) is 5. The summed E-state index contributed by atoms with van der Waals surface area (Å²) in [4.78, 5) is 6.78. The van der Waals surface area contributed by atoms with E-state index in [0.29, 0.717) is 0 Å². The lowest BCUT2D eigenvalue weighted by atomic mass is 9.85. The Kier molecular flexibility index (Phi) is 3.13. The first-order chi connectivity index (χ1) is 10.2. The third kappa shape index (κ3) is 2.04. The molecular weight excluding hydrogens is 336 g/mol. The van der Waals surface area contributed by atoms with Gasteiger partial charge >= 0.3 is 0 Å². The van der Waals surface area contributed by atoms with Crippen LogP contribution >= 0.6 is 15.9 Å². The molecule has 0 radical (unpaired) electrons. The average molecular weight is 353 g/mol. The van der Waals surface area contributed by atoms with Gasteiger partial charge in [-0.15, -0.1) is 10.2 Å². The van der Waals surface area contributed by atoms with Crippen LogP contribution in [-0.2, 0) is 4.74 Å². The molecule has 0 aromatic carbocycles. The van der Waals surface area contributed by atoms with E-state index in [-0.39, 0.29) is 11.6 Å². The van der Waals surface area contributed by atoms with Crippen molar-refractivity contribution in [2.45, 2.75) is 30.9 Å². The van der Waals surface area contributed by atoms with Crippen molar-refractivity contribution in [3.8, 4) is 0 Å². The van der Waals surface area contributed by atoms with Crippen LogP contribution in [0.25, 0.3) is 5.65 Å². The van der Waals surface area contributed by atoms with Gasteiger partial charge in [-0.05, 0) is 35.2 Å². The van der Waals surface area contributed by atoms with Crippen LogP contribution in [0.15, 0.2) is 17.0 Å². The molecule has 2 aromatic heterocycles. The summed E-state index contributed by atoms with van der Waals surface area (Å²) in [5.74, 6) is 0.875. The molecule has 1 atom stereocenters. The minimum atomic E-state index is -0.127. The third-order valence-corrected chi connectivity index (χ3v) is 5.22. The molecule has 112 valence electrons. The Labute approximate surface area is 130 Å². The Hall–Kier alpha value is -1.25. The molecule has 1 spiro atoms. The number of fused-ring (bicyclic) bond motifs is 1. The molecule has 0 amide bonds. The second-order valence-corrected chi connectivity index (χ2v) is 6.58. The highest BCUT2D eigenvalue weighted by Gasteiger charge is 2.44. The van der Waals surface area contributed by atoms with E-state index in [1.165, 1.54) is 0 Å². The fourth-order valence-corrected chi connectivity index (χ4v) is 3.74. The van der Waals surface area contributed by atoms with Crippen molar-refractivity contribution >= 4 is 27.5 Å². The molecular formula is C13H17BrN6O. The number of rotatable bonds is 1. The van der Waals surface area contributed by atoms with Gasteiger partial charge in [0.15, 0.2) is 5.65 Å². The standard InChI is InChI=1S/C13H17BrN6O/c14-9-7-16-12(20-8-17-18-11(9)20)19-4-2-13(3-5-19)10(15)1-6-21-13/h7-8,10H,1-6,15H2/t10-/m1/s1. The quantitative estimate of drug-likeness (QED) is 0.823. The topological polar surface area (TPSA) is 81.6 Å². The van der Waals surface area contributed by atoms with Gasteiger partial charge in [0.2, 0.25) is 5.95 Å². The highest BCUT2D eigenvalue weighted by Crippen LogP contribution is 2.36. The summed E-state index contributed by atoms with van der Waals surface area (Å²) in [6.07, 6.45) is 6.32. The number of hydrogen-bond acceptors (Lipinski definition) is 6. The molecule has 0 saturated carbocycles. The van der Waals surface area contributed by atoms with Crippen molar-refractivity contribution in [2.75, 3.05) is 24.6 Å². The first kappa shape index (κ1) is 13.4. The number of ether oxygens (including phenoxy) is 1. The molecule has 2 aromatic rings. The summed E-state index contributed by atoms with van der Waals surface area (Å²) < 4.78 is 8.72. The largest absolute Gasteiger partial charge is 0.373 e. The van der Waals surface area contributed by atoms with Crippen molar-refractivity contribution in [1.29, 1.82) is 0 Å². The van der Waals surface area contributed by atoms with Crippen LogP contribution in [0.4, 0.5) is 5.95 Å². The van der Waals surface area contributed by atoms with E-state index in [2.05, 4.69) is 36.0 Å². The molecule has 2 saturated heterocycles. The van der Waals surface area contributed by atoms with Gasteiger partial charge in [-0.2, -0.15) is 0 Å². The van der Waals surface area contributed by atoms with Gasteiger partial charge < -0.3 is 15.4 Å². The maximum atomic E-state index is 6.23. The van der Waals surface area contributed by atoms with Crippen LogP contribution in [0.1, 0.15) is 19.3 Å². The van der Waals surface area contributed by atoms with Crippen molar-refractivity contribution in [2.24, 2.45) is 5.73 Å². The SMILES string of the molecule is N[C@@H]1CCOC12CCN(c1ncc(Br)c3nncn13)CC2. The third-order valence-electron chi connectivity index (χ3n) is 4.66. The van der Waals surface area contributed by atoms with Gasteiger partial charge in [-0.3, -0.25) is 0 Å². The van der Waals surface area contributed by atoms with E-state index in [1.54, 1.807) is 12.5 Å². The van der Waals surface area contributed by atoms with Crippen molar-refractivity contribution in [1.82, 2.24) is 19.6 Å². The van der Waals surface area contributed by atoms with Crippen LogP contribution in [0.5, 0.6) is 0 Å². The molecule has 2 aliphatic heterocycles. The van der Waals surface area contributed by atoms with Crippen molar-refractivity contribution < 1.29 is 4.74 Å². The maximum Gasteiger partial charge on any atom is 0.212 e. The Bertz CT molecular complexity index is 666. The van der Waals surface area contributed by atoms with Gasteiger partial charge in [-0.25, -0.2) is 9.38 Å². The van der Waals surface area contributed by atoms with Gasteiger partial charge in [0.05, 0.1) is 10.1 Å². The van der Waals surface area contributed by atoms with E-state index in [4.69, 9.17) is 10.5 Å². The van der Waals surface area contributed by atoms with Crippen LogP contribution in [0, 0.1) is 0 Å². The van der Waals surface area contributed by atoms with Crippen LogP contribution in [0.2, 0.25) is 0 Å². The predicted molar refractivity (Wildman–Crippen MR) is 81.2 cm³/mol. The summed E-state index contributed by atoms with van der Waals surface area (Å²) in [7, 11) is 0. The van der Waals surface area contributed by atoms with Gasteiger partial charge in [0.25, 0.3) is 0 Å². The van der Waals surface area contributed by atoms with E-state index in [9.17, 15) is 0 Å². The van der Waals surface area contributed by atoms with E-state index < -0.39 is 0 Å². The molecule has 0 aliphatic carbocycles. The minimum absolute atomic E-state index is 0.127. The zero-order valence-electron chi connectivity index (χ0n) is 11.6. The lowest BCUT2D eigenvalue weighted by Crippen LogP contribution is -2.53. The van der Waals surface area contributed by atoms with E-state index in [1.807, 2.05) is 4.40 Å². The summed E-state index contributed by atoms with van der Waals surface area (Å²) >= 11 is 3.45. The van der Waals surface area contributed by atoms with Crippen LogP contribution in [-0.4, -0.2) is 50.9 Å². The number of aromatic nitrogens is 4. The lowest BCUT2D eigenvalue weighted by molar-refractivity contribution is -0.0231. The smallest absolute Gasteiger partial charge is 0.212 e. The van der Waals surface area contributed by atoms with E-state index in [0.717, 1.165) is 55.0 Å². The molecule has 8 heteroatoms. The number of anilines is 1. The Balaban J connectivity index is 1.61. The fraction of sp³-hybridized carbons (Fsp3) is 0.615. The monoisotopic (exact) mass is 352 g/mol. The Morgan fingerprint density at radius 3 is 2.90 bits per heavy atom. The molecule has 2 N–H and O–H groups in total. The van der Waals surface area contributed by atoms with Crippen LogP contribution in [0.3, 0.4) is 0 Å². The number of nitrogens with two attached hydrogens (primary N) is 1. The van der Waals surface area contributed by atoms with Crippen LogP contribution < -0.4 is 10.6 Å². The molecule has 21 heavy (non-hydrogen) atoms. The predicted octanol–water partition coefficient (Wildman–Crippen LogP) is 0.973.